The van der Waals surface area contributed by atoms with Crippen molar-refractivity contribution in [1.82, 2.24) is 20.4 Å². The lowest BCUT2D eigenvalue weighted by molar-refractivity contribution is -0.126. The number of hydrogen-bond donors (Lipinski definition) is 1. The Bertz CT molecular complexity index is 752. The van der Waals surface area contributed by atoms with E-state index < -0.39 is 17.6 Å². The van der Waals surface area contributed by atoms with Crippen LogP contribution in [0.25, 0.3) is 0 Å². The maximum absolute atomic E-state index is 13.3. The molecule has 1 unspecified atom stereocenters. The van der Waals surface area contributed by atoms with Gasteiger partial charge in [-0.3, -0.25) is 4.79 Å². The summed E-state index contributed by atoms with van der Waals surface area (Å²) in [5, 5.41) is 6.67. The van der Waals surface area contributed by atoms with Crippen LogP contribution < -0.4 is 5.32 Å². The predicted octanol–water partition coefficient (Wildman–Crippen LogP) is 3.63. The summed E-state index contributed by atoms with van der Waals surface area (Å²) in [6, 6.07) is 0. The molecular formula is C20H30F2N4O4. The number of nitrogens with one attached hydrogen (secondary N) is 1. The van der Waals surface area contributed by atoms with Gasteiger partial charge < -0.3 is 19.5 Å². The molecule has 168 valence electrons. The average molecular weight is 428 g/mol. The Morgan fingerprint density at radius 2 is 1.97 bits per heavy atom. The van der Waals surface area contributed by atoms with E-state index in [0.717, 1.165) is 0 Å². The maximum Gasteiger partial charge on any atom is 0.410 e. The lowest BCUT2D eigenvalue weighted by atomic mass is 9.86. The van der Waals surface area contributed by atoms with Crippen LogP contribution in [0.15, 0.2) is 4.52 Å². The third-order valence-electron chi connectivity index (χ3n) is 5.42. The fourth-order valence-corrected chi connectivity index (χ4v) is 3.79. The van der Waals surface area contributed by atoms with Crippen molar-refractivity contribution in [3.8, 4) is 0 Å². The van der Waals surface area contributed by atoms with Crippen molar-refractivity contribution in [3.05, 3.63) is 11.7 Å². The van der Waals surface area contributed by atoms with Crippen molar-refractivity contribution < 1.29 is 27.6 Å². The van der Waals surface area contributed by atoms with Crippen molar-refractivity contribution in [2.45, 2.75) is 83.3 Å². The highest BCUT2D eigenvalue weighted by molar-refractivity contribution is 5.79. The molecule has 0 spiro atoms. The Balaban J connectivity index is 1.47. The van der Waals surface area contributed by atoms with Crippen LogP contribution in [-0.4, -0.2) is 51.7 Å². The van der Waals surface area contributed by atoms with Gasteiger partial charge in [-0.25, -0.2) is 13.6 Å². The SMILES string of the molecule is CC(C)(C)OC(=O)N1CCCC(C(=O)NCc2nc(C3CCC(F)(F)CC3)no2)C1. The fourth-order valence-electron chi connectivity index (χ4n) is 3.79. The van der Waals surface area contributed by atoms with E-state index in [-0.39, 0.29) is 43.0 Å². The molecule has 2 aliphatic rings. The van der Waals surface area contributed by atoms with Gasteiger partial charge in [0.05, 0.1) is 12.5 Å². The molecule has 1 aliphatic heterocycles. The smallest absolute Gasteiger partial charge is 0.410 e. The number of carbonyl (C=O) groups is 2. The number of ether oxygens (including phenoxy) is 1. The normalized spacial score (nSPS) is 22.6. The third kappa shape index (κ3) is 6.12. The molecule has 1 aliphatic carbocycles. The number of piperidine rings is 1. The second-order valence-electron chi connectivity index (χ2n) is 9.16. The number of aromatic nitrogens is 2. The summed E-state index contributed by atoms with van der Waals surface area (Å²) in [4.78, 5) is 30.6. The van der Waals surface area contributed by atoms with Crippen LogP contribution >= 0.6 is 0 Å². The van der Waals surface area contributed by atoms with E-state index in [1.54, 1.807) is 25.7 Å². The molecule has 0 aromatic carbocycles. The van der Waals surface area contributed by atoms with Crippen LogP contribution in [-0.2, 0) is 16.1 Å². The molecule has 1 aromatic rings. The van der Waals surface area contributed by atoms with Crippen LogP contribution in [0.2, 0.25) is 0 Å². The quantitative estimate of drug-likeness (QED) is 0.787. The number of hydrogen-bond acceptors (Lipinski definition) is 6. The first-order valence-electron chi connectivity index (χ1n) is 10.5. The molecule has 1 aromatic heterocycles. The maximum atomic E-state index is 13.3. The van der Waals surface area contributed by atoms with Crippen molar-refractivity contribution in [3.63, 3.8) is 0 Å². The topological polar surface area (TPSA) is 97.6 Å². The van der Waals surface area contributed by atoms with Crippen LogP contribution in [0, 0.1) is 5.92 Å². The number of halogens is 2. The molecule has 2 amide bonds. The van der Waals surface area contributed by atoms with E-state index in [1.807, 2.05) is 0 Å². The number of amides is 2. The summed E-state index contributed by atoms with van der Waals surface area (Å²) < 4.78 is 37.2. The summed E-state index contributed by atoms with van der Waals surface area (Å²) in [5.41, 5.74) is -0.587. The Morgan fingerprint density at radius 1 is 1.27 bits per heavy atom. The Hall–Kier alpha value is -2.26. The first-order chi connectivity index (χ1) is 14.0. The average Bonchev–Trinajstić information content (AvgIpc) is 3.14. The second kappa shape index (κ2) is 8.85. The highest BCUT2D eigenvalue weighted by Gasteiger charge is 2.37. The molecule has 8 nitrogen and oxygen atoms in total. The van der Waals surface area contributed by atoms with Crippen molar-refractivity contribution in [2.75, 3.05) is 13.1 Å². The molecule has 10 heteroatoms. The highest BCUT2D eigenvalue weighted by Crippen LogP contribution is 2.39. The predicted molar refractivity (Wildman–Crippen MR) is 103 cm³/mol. The van der Waals surface area contributed by atoms with Gasteiger partial charge in [0.25, 0.3) is 0 Å². The molecule has 1 saturated heterocycles. The van der Waals surface area contributed by atoms with E-state index in [2.05, 4.69) is 15.5 Å². The Labute approximate surface area is 174 Å². The standard InChI is InChI=1S/C20H30F2N4O4/c1-19(2,3)29-18(28)26-10-4-5-14(12-26)17(27)23-11-15-24-16(25-30-15)13-6-8-20(21,22)9-7-13/h13-14H,4-12H2,1-3H3,(H,23,27). The third-order valence-corrected chi connectivity index (χ3v) is 5.42. The van der Waals surface area contributed by atoms with Gasteiger partial charge in [0.1, 0.15) is 5.60 Å². The zero-order valence-electron chi connectivity index (χ0n) is 17.7. The molecule has 3 rings (SSSR count). The molecule has 1 atom stereocenters. The van der Waals surface area contributed by atoms with Crippen LogP contribution in [0.1, 0.15) is 76.9 Å². The highest BCUT2D eigenvalue weighted by atomic mass is 19.3. The van der Waals surface area contributed by atoms with Gasteiger partial charge in [-0.1, -0.05) is 5.16 Å². The van der Waals surface area contributed by atoms with Crippen molar-refractivity contribution in [1.29, 1.82) is 0 Å². The summed E-state index contributed by atoms with van der Waals surface area (Å²) in [7, 11) is 0. The molecule has 2 fully saturated rings. The molecule has 30 heavy (non-hydrogen) atoms. The van der Waals surface area contributed by atoms with E-state index in [9.17, 15) is 18.4 Å². The van der Waals surface area contributed by atoms with Crippen LogP contribution in [0.4, 0.5) is 13.6 Å². The first-order valence-corrected chi connectivity index (χ1v) is 10.5. The van der Waals surface area contributed by atoms with E-state index in [4.69, 9.17) is 9.26 Å². The van der Waals surface area contributed by atoms with Gasteiger partial charge in [0.2, 0.25) is 17.7 Å². The minimum Gasteiger partial charge on any atom is -0.444 e. The van der Waals surface area contributed by atoms with Gasteiger partial charge in [-0.05, 0) is 46.5 Å². The van der Waals surface area contributed by atoms with E-state index >= 15 is 0 Å². The van der Waals surface area contributed by atoms with Crippen molar-refractivity contribution >= 4 is 12.0 Å². The molecule has 1 saturated carbocycles. The zero-order chi connectivity index (χ0) is 21.9. The monoisotopic (exact) mass is 428 g/mol. The summed E-state index contributed by atoms with van der Waals surface area (Å²) in [6.45, 7) is 6.33. The van der Waals surface area contributed by atoms with E-state index in [1.165, 1.54) is 0 Å². The van der Waals surface area contributed by atoms with Gasteiger partial charge in [-0.15, -0.1) is 0 Å². The number of rotatable bonds is 4. The lowest BCUT2D eigenvalue weighted by Crippen LogP contribution is -2.46. The minimum atomic E-state index is -2.61. The molecule has 0 radical (unpaired) electrons. The lowest BCUT2D eigenvalue weighted by Gasteiger charge is -2.33. The molecule has 0 bridgehead atoms. The molecular weight excluding hydrogens is 398 g/mol. The number of nitrogens with zero attached hydrogens (tertiary/aromatic N) is 3. The second-order valence-corrected chi connectivity index (χ2v) is 9.16. The number of likely N-dealkylation sites (tertiary alicyclic amines) is 1. The molecule has 2 heterocycles. The first kappa shape index (κ1) is 22.4. The van der Waals surface area contributed by atoms with Gasteiger partial charge in [0.15, 0.2) is 5.82 Å². The summed E-state index contributed by atoms with van der Waals surface area (Å²) in [6.07, 6.45) is 1.27. The fraction of sp³-hybridized carbons (Fsp3) is 0.800. The summed E-state index contributed by atoms with van der Waals surface area (Å²) in [5.74, 6) is -2.61. The number of alkyl halides is 2. The minimum absolute atomic E-state index is 0.0671. The van der Waals surface area contributed by atoms with Crippen molar-refractivity contribution in [2.24, 2.45) is 5.92 Å². The van der Waals surface area contributed by atoms with Crippen LogP contribution in [0.5, 0.6) is 0 Å². The van der Waals surface area contributed by atoms with Gasteiger partial charge in [-0.2, -0.15) is 4.98 Å². The summed E-state index contributed by atoms with van der Waals surface area (Å²) >= 11 is 0. The van der Waals surface area contributed by atoms with Gasteiger partial charge in [0, 0.05) is 31.8 Å². The largest absolute Gasteiger partial charge is 0.444 e. The number of carbonyl (C=O) groups excluding carboxylic acids is 2. The van der Waals surface area contributed by atoms with Gasteiger partial charge >= 0.3 is 6.09 Å². The Kier molecular flexibility index (Phi) is 6.62. The molecule has 1 N–H and O–H groups in total. The zero-order valence-corrected chi connectivity index (χ0v) is 17.7. The Morgan fingerprint density at radius 3 is 2.63 bits per heavy atom. The van der Waals surface area contributed by atoms with Crippen LogP contribution in [0.3, 0.4) is 0 Å². The van der Waals surface area contributed by atoms with E-state index in [0.29, 0.717) is 44.6 Å².